The standard InChI is InChI=1S/C25H29NO5/c1-25(2)18-13-19-20(30-22(18)17-5-4-6-21(29-3)23(17)31-25)11-12-26(19)14-15-7-9-16(10-8-15)24(27)28/h4-10,18-20,22H,11-14H2,1-3H3,(H,27,28)/t18-,19+,20-,22+/m1/s1. The van der Waals surface area contributed by atoms with Crippen LogP contribution in [0.2, 0.25) is 0 Å². The smallest absolute Gasteiger partial charge is 0.335 e. The Morgan fingerprint density at radius 3 is 2.71 bits per heavy atom. The highest BCUT2D eigenvalue weighted by atomic mass is 16.5. The quantitative estimate of drug-likeness (QED) is 0.792. The number of para-hydroxylation sites is 1. The van der Waals surface area contributed by atoms with Crippen LogP contribution in [-0.2, 0) is 11.3 Å². The number of nitrogens with zero attached hydrogens (tertiary/aromatic N) is 1. The van der Waals surface area contributed by atoms with Gasteiger partial charge in [0.05, 0.1) is 24.9 Å². The molecule has 2 fully saturated rings. The predicted molar refractivity (Wildman–Crippen MR) is 116 cm³/mol. The van der Waals surface area contributed by atoms with Crippen LogP contribution >= 0.6 is 0 Å². The summed E-state index contributed by atoms with van der Waals surface area (Å²) in [5.41, 5.74) is 2.17. The molecule has 0 amide bonds. The summed E-state index contributed by atoms with van der Waals surface area (Å²) in [6.45, 7) is 6.07. The Balaban J connectivity index is 1.38. The molecule has 3 aliphatic heterocycles. The molecule has 0 bridgehead atoms. The molecule has 0 spiro atoms. The summed E-state index contributed by atoms with van der Waals surface area (Å²) in [4.78, 5) is 13.6. The zero-order valence-electron chi connectivity index (χ0n) is 18.2. The third-order valence-corrected chi connectivity index (χ3v) is 7.16. The number of aromatic carboxylic acids is 1. The lowest BCUT2D eigenvalue weighted by Gasteiger charge is -2.51. The van der Waals surface area contributed by atoms with Gasteiger partial charge in [-0.25, -0.2) is 4.79 Å². The third kappa shape index (κ3) is 3.48. The summed E-state index contributed by atoms with van der Waals surface area (Å²) in [7, 11) is 1.67. The SMILES string of the molecule is COc1cccc2c1OC(C)(C)[C@@H]1C[C@H]3[C@@H](CCN3Cc3ccc(C(=O)O)cc3)O[C@@H]21. The fourth-order valence-electron chi connectivity index (χ4n) is 5.50. The molecule has 4 atom stereocenters. The molecule has 3 heterocycles. The summed E-state index contributed by atoms with van der Waals surface area (Å²) in [6.07, 6.45) is 2.20. The van der Waals surface area contributed by atoms with Crippen LogP contribution in [0.25, 0.3) is 0 Å². The zero-order chi connectivity index (χ0) is 21.8. The van der Waals surface area contributed by atoms with E-state index in [0.717, 1.165) is 48.6 Å². The predicted octanol–water partition coefficient (Wildman–Crippen LogP) is 4.29. The van der Waals surface area contributed by atoms with Crippen molar-refractivity contribution in [3.05, 3.63) is 59.2 Å². The van der Waals surface area contributed by atoms with Crippen LogP contribution in [0.1, 0.15) is 54.3 Å². The Hall–Kier alpha value is -2.57. The van der Waals surface area contributed by atoms with Gasteiger partial charge in [0.25, 0.3) is 0 Å². The molecule has 0 aliphatic carbocycles. The largest absolute Gasteiger partial charge is 0.493 e. The van der Waals surface area contributed by atoms with Gasteiger partial charge in [0.1, 0.15) is 5.60 Å². The number of fused-ring (bicyclic) bond motifs is 4. The molecule has 0 radical (unpaired) electrons. The first-order valence-corrected chi connectivity index (χ1v) is 10.9. The van der Waals surface area contributed by atoms with Crippen molar-refractivity contribution in [1.29, 1.82) is 0 Å². The average molecular weight is 424 g/mol. The number of rotatable bonds is 4. The van der Waals surface area contributed by atoms with Crippen molar-refractivity contribution < 1.29 is 24.1 Å². The molecule has 6 heteroatoms. The van der Waals surface area contributed by atoms with Crippen molar-refractivity contribution >= 4 is 5.97 Å². The number of benzene rings is 2. The van der Waals surface area contributed by atoms with Gasteiger partial charge < -0.3 is 19.3 Å². The Bertz CT molecular complexity index is 986. The summed E-state index contributed by atoms with van der Waals surface area (Å²) in [5.74, 6) is 0.912. The summed E-state index contributed by atoms with van der Waals surface area (Å²) in [5, 5.41) is 9.13. The van der Waals surface area contributed by atoms with Crippen LogP contribution < -0.4 is 9.47 Å². The van der Waals surface area contributed by atoms with Crippen LogP contribution in [0.3, 0.4) is 0 Å². The van der Waals surface area contributed by atoms with Crippen molar-refractivity contribution in [2.75, 3.05) is 13.7 Å². The van der Waals surface area contributed by atoms with E-state index in [1.54, 1.807) is 19.2 Å². The zero-order valence-corrected chi connectivity index (χ0v) is 18.2. The van der Waals surface area contributed by atoms with Crippen LogP contribution in [0.4, 0.5) is 0 Å². The van der Waals surface area contributed by atoms with Gasteiger partial charge in [-0.1, -0.05) is 24.3 Å². The van der Waals surface area contributed by atoms with Gasteiger partial charge in [0.2, 0.25) is 0 Å². The number of carboxylic acids is 1. The van der Waals surface area contributed by atoms with E-state index in [4.69, 9.17) is 19.3 Å². The molecular weight excluding hydrogens is 394 g/mol. The van der Waals surface area contributed by atoms with Crippen molar-refractivity contribution in [2.45, 2.75) is 57.1 Å². The second-order valence-corrected chi connectivity index (χ2v) is 9.35. The normalized spacial score (nSPS) is 28.7. The molecule has 164 valence electrons. The highest BCUT2D eigenvalue weighted by Crippen LogP contribution is 2.54. The number of carbonyl (C=O) groups is 1. The van der Waals surface area contributed by atoms with E-state index in [-0.39, 0.29) is 23.7 Å². The molecule has 2 aromatic carbocycles. The maximum Gasteiger partial charge on any atom is 0.335 e. The minimum atomic E-state index is -0.893. The van der Waals surface area contributed by atoms with E-state index in [1.165, 1.54) is 0 Å². The van der Waals surface area contributed by atoms with Gasteiger partial charge in [-0.3, -0.25) is 4.90 Å². The van der Waals surface area contributed by atoms with Crippen molar-refractivity contribution in [3.8, 4) is 11.5 Å². The van der Waals surface area contributed by atoms with Gasteiger partial charge in [-0.05, 0) is 50.5 Å². The lowest BCUT2D eigenvalue weighted by Crippen LogP contribution is -2.53. The minimum Gasteiger partial charge on any atom is -0.493 e. The number of ether oxygens (including phenoxy) is 3. The van der Waals surface area contributed by atoms with Crippen LogP contribution in [0, 0.1) is 5.92 Å². The molecule has 6 nitrogen and oxygen atoms in total. The van der Waals surface area contributed by atoms with Gasteiger partial charge in [-0.15, -0.1) is 0 Å². The van der Waals surface area contributed by atoms with Gasteiger partial charge in [0.15, 0.2) is 11.5 Å². The Labute approximate surface area is 182 Å². The van der Waals surface area contributed by atoms with E-state index in [0.29, 0.717) is 11.6 Å². The van der Waals surface area contributed by atoms with Gasteiger partial charge in [0, 0.05) is 30.6 Å². The molecule has 5 rings (SSSR count). The molecular formula is C25H29NO5. The van der Waals surface area contributed by atoms with E-state index in [1.807, 2.05) is 24.3 Å². The molecule has 1 N–H and O–H groups in total. The van der Waals surface area contributed by atoms with Crippen molar-refractivity contribution in [2.24, 2.45) is 5.92 Å². The average Bonchev–Trinajstić information content (AvgIpc) is 3.14. The lowest BCUT2D eigenvalue weighted by atomic mass is 9.74. The third-order valence-electron chi connectivity index (χ3n) is 7.16. The van der Waals surface area contributed by atoms with Crippen LogP contribution in [0.15, 0.2) is 42.5 Å². The maximum atomic E-state index is 11.1. The number of hydrogen-bond acceptors (Lipinski definition) is 5. The summed E-state index contributed by atoms with van der Waals surface area (Å²) in [6, 6.07) is 13.6. The number of carboxylic acid groups (broad SMARTS) is 1. The first-order chi connectivity index (χ1) is 14.9. The van der Waals surface area contributed by atoms with Crippen LogP contribution in [0.5, 0.6) is 11.5 Å². The second-order valence-electron chi connectivity index (χ2n) is 9.35. The first kappa shape index (κ1) is 20.3. The fourth-order valence-corrected chi connectivity index (χ4v) is 5.50. The topological polar surface area (TPSA) is 68.2 Å². The highest BCUT2D eigenvalue weighted by Gasteiger charge is 2.53. The molecule has 0 saturated carbocycles. The molecule has 2 saturated heterocycles. The van der Waals surface area contributed by atoms with Crippen LogP contribution in [-0.4, -0.2) is 47.4 Å². The van der Waals surface area contributed by atoms with Crippen molar-refractivity contribution in [3.63, 3.8) is 0 Å². The molecule has 2 aromatic rings. The Morgan fingerprint density at radius 1 is 1.23 bits per heavy atom. The summed E-state index contributed by atoms with van der Waals surface area (Å²) >= 11 is 0. The monoisotopic (exact) mass is 423 g/mol. The Kier molecular flexibility index (Phi) is 4.94. The second kappa shape index (κ2) is 7.53. The van der Waals surface area contributed by atoms with E-state index in [9.17, 15) is 4.79 Å². The van der Waals surface area contributed by atoms with Crippen molar-refractivity contribution in [1.82, 2.24) is 4.90 Å². The van der Waals surface area contributed by atoms with Gasteiger partial charge >= 0.3 is 5.97 Å². The van der Waals surface area contributed by atoms with E-state index in [2.05, 4.69) is 24.8 Å². The number of likely N-dealkylation sites (tertiary alicyclic amines) is 1. The Morgan fingerprint density at radius 2 is 2.00 bits per heavy atom. The number of methoxy groups -OCH3 is 1. The van der Waals surface area contributed by atoms with E-state index >= 15 is 0 Å². The fraction of sp³-hybridized carbons (Fsp3) is 0.480. The maximum absolute atomic E-state index is 11.1. The molecule has 31 heavy (non-hydrogen) atoms. The molecule has 3 aliphatic rings. The highest BCUT2D eigenvalue weighted by molar-refractivity contribution is 5.87. The first-order valence-electron chi connectivity index (χ1n) is 10.9. The molecule has 0 unspecified atom stereocenters. The lowest BCUT2D eigenvalue weighted by molar-refractivity contribution is -0.163. The van der Waals surface area contributed by atoms with Gasteiger partial charge in [-0.2, -0.15) is 0 Å². The number of hydrogen-bond donors (Lipinski definition) is 1. The minimum absolute atomic E-state index is 0.00454. The summed E-state index contributed by atoms with van der Waals surface area (Å²) < 4.78 is 18.8. The molecule has 0 aromatic heterocycles. The van der Waals surface area contributed by atoms with E-state index < -0.39 is 5.97 Å².